The second-order valence-corrected chi connectivity index (χ2v) is 6.79. The molecule has 1 N–H and O–H groups in total. The normalized spacial score (nSPS) is 17.2. The second-order valence-electron chi connectivity index (χ2n) is 5.59. The fraction of sp³-hybridized carbons (Fsp3) is 0.412. The quantitative estimate of drug-likeness (QED) is 0.909. The molecule has 1 atom stereocenters. The van der Waals surface area contributed by atoms with E-state index in [-0.39, 0.29) is 12.0 Å². The first-order valence-electron chi connectivity index (χ1n) is 7.71. The lowest BCUT2D eigenvalue weighted by atomic mass is 10.2. The van der Waals surface area contributed by atoms with Crippen molar-refractivity contribution in [3.8, 4) is 5.75 Å². The van der Waals surface area contributed by atoms with Crippen molar-refractivity contribution in [2.45, 2.75) is 32.8 Å². The van der Waals surface area contributed by atoms with Crippen molar-refractivity contribution in [3.05, 3.63) is 40.4 Å². The van der Waals surface area contributed by atoms with E-state index in [1.54, 1.807) is 12.1 Å². The molecule has 6 heteroatoms. The Bertz CT molecular complexity index is 673. The van der Waals surface area contributed by atoms with E-state index < -0.39 is 0 Å². The maximum Gasteiger partial charge on any atom is 0.257 e. The highest BCUT2D eigenvalue weighted by Gasteiger charge is 2.16. The lowest BCUT2D eigenvalue weighted by Crippen LogP contribution is -2.16. The third-order valence-electron chi connectivity index (χ3n) is 3.81. The van der Waals surface area contributed by atoms with E-state index in [1.807, 2.05) is 26.0 Å². The standard InChI is InChI=1S/C17H20N2O3S/c1-11-12(2)23-17(18-11)19-16(20)13-5-3-6-14(9-13)22-10-15-7-4-8-21-15/h3,5-6,9,15H,4,7-8,10H2,1-2H3,(H,18,19,20)/t15-/m1/s1. The summed E-state index contributed by atoms with van der Waals surface area (Å²) < 4.78 is 11.3. The highest BCUT2D eigenvalue weighted by Crippen LogP contribution is 2.22. The Morgan fingerprint density at radius 3 is 3.04 bits per heavy atom. The van der Waals surface area contributed by atoms with E-state index in [0.29, 0.717) is 23.1 Å². The van der Waals surface area contributed by atoms with Crippen LogP contribution in [0.4, 0.5) is 5.13 Å². The van der Waals surface area contributed by atoms with Gasteiger partial charge in [-0.1, -0.05) is 6.07 Å². The Hall–Kier alpha value is -1.92. The third kappa shape index (κ3) is 4.09. The van der Waals surface area contributed by atoms with Gasteiger partial charge < -0.3 is 9.47 Å². The first-order valence-corrected chi connectivity index (χ1v) is 8.53. The Morgan fingerprint density at radius 2 is 2.35 bits per heavy atom. The van der Waals surface area contributed by atoms with Crippen LogP contribution in [0.1, 0.15) is 33.8 Å². The fourth-order valence-corrected chi connectivity index (χ4v) is 3.20. The van der Waals surface area contributed by atoms with Gasteiger partial charge in [0.1, 0.15) is 12.4 Å². The minimum atomic E-state index is -0.179. The van der Waals surface area contributed by atoms with E-state index >= 15 is 0 Å². The molecule has 1 saturated heterocycles. The predicted molar refractivity (Wildman–Crippen MR) is 90.5 cm³/mol. The van der Waals surface area contributed by atoms with Crippen molar-refractivity contribution in [3.63, 3.8) is 0 Å². The van der Waals surface area contributed by atoms with Crippen LogP contribution < -0.4 is 10.1 Å². The number of rotatable bonds is 5. The van der Waals surface area contributed by atoms with Gasteiger partial charge in [0.2, 0.25) is 0 Å². The van der Waals surface area contributed by atoms with Gasteiger partial charge in [-0.15, -0.1) is 11.3 Å². The molecule has 0 unspecified atom stereocenters. The van der Waals surface area contributed by atoms with Crippen molar-refractivity contribution in [2.75, 3.05) is 18.5 Å². The third-order valence-corrected chi connectivity index (χ3v) is 4.79. The number of nitrogens with one attached hydrogen (secondary N) is 1. The molecule has 3 rings (SSSR count). The van der Waals surface area contributed by atoms with Crippen LogP contribution in [0.25, 0.3) is 0 Å². The lowest BCUT2D eigenvalue weighted by molar-refractivity contribution is 0.0679. The summed E-state index contributed by atoms with van der Waals surface area (Å²) in [5.41, 5.74) is 1.50. The number of thiazole rings is 1. The summed E-state index contributed by atoms with van der Waals surface area (Å²) >= 11 is 1.48. The van der Waals surface area contributed by atoms with Gasteiger partial charge in [-0.3, -0.25) is 10.1 Å². The molecule has 1 amide bonds. The van der Waals surface area contributed by atoms with E-state index in [0.717, 1.165) is 30.0 Å². The first kappa shape index (κ1) is 16.0. The summed E-state index contributed by atoms with van der Waals surface area (Å²) in [5.74, 6) is 0.501. The fourth-order valence-electron chi connectivity index (χ4n) is 2.39. The van der Waals surface area contributed by atoms with Crippen molar-refractivity contribution in [1.29, 1.82) is 0 Å². The molecule has 1 aliphatic rings. The Labute approximate surface area is 139 Å². The van der Waals surface area contributed by atoms with Gasteiger partial charge >= 0.3 is 0 Å². The van der Waals surface area contributed by atoms with Crippen LogP contribution in [-0.4, -0.2) is 30.2 Å². The largest absolute Gasteiger partial charge is 0.491 e. The maximum absolute atomic E-state index is 12.3. The topological polar surface area (TPSA) is 60.5 Å². The van der Waals surface area contributed by atoms with E-state index in [9.17, 15) is 4.79 Å². The van der Waals surface area contributed by atoms with Crippen LogP contribution in [-0.2, 0) is 4.74 Å². The molecule has 2 heterocycles. The zero-order chi connectivity index (χ0) is 16.2. The van der Waals surface area contributed by atoms with E-state index in [1.165, 1.54) is 11.3 Å². The average molecular weight is 332 g/mol. The summed E-state index contributed by atoms with van der Waals surface area (Å²) in [6.45, 7) is 5.25. The zero-order valence-electron chi connectivity index (χ0n) is 13.3. The molecule has 0 bridgehead atoms. The number of hydrogen-bond donors (Lipinski definition) is 1. The molecule has 0 aliphatic carbocycles. The molecule has 23 heavy (non-hydrogen) atoms. The molecule has 0 saturated carbocycles. The SMILES string of the molecule is Cc1nc(NC(=O)c2cccc(OC[C@H]3CCCO3)c2)sc1C. The smallest absolute Gasteiger partial charge is 0.257 e. The Morgan fingerprint density at radius 1 is 1.48 bits per heavy atom. The summed E-state index contributed by atoms with van der Waals surface area (Å²) in [6.07, 6.45) is 2.28. The average Bonchev–Trinajstić information content (AvgIpc) is 3.16. The number of aryl methyl sites for hydroxylation is 2. The van der Waals surface area contributed by atoms with Crippen LogP contribution in [0.5, 0.6) is 5.75 Å². The number of ether oxygens (including phenoxy) is 2. The molecular weight excluding hydrogens is 312 g/mol. The number of nitrogens with zero attached hydrogens (tertiary/aromatic N) is 1. The van der Waals surface area contributed by atoms with Gasteiger partial charge in [0, 0.05) is 17.0 Å². The zero-order valence-corrected chi connectivity index (χ0v) is 14.1. The summed E-state index contributed by atoms with van der Waals surface area (Å²) in [6, 6.07) is 7.18. The lowest BCUT2D eigenvalue weighted by Gasteiger charge is -2.12. The van der Waals surface area contributed by atoms with Gasteiger partial charge in [-0.05, 0) is 44.9 Å². The highest BCUT2D eigenvalue weighted by molar-refractivity contribution is 7.15. The van der Waals surface area contributed by atoms with Crippen molar-refractivity contribution in [2.24, 2.45) is 0 Å². The van der Waals surface area contributed by atoms with Gasteiger partial charge in [0.15, 0.2) is 5.13 Å². The molecule has 1 fully saturated rings. The molecule has 5 nitrogen and oxygen atoms in total. The van der Waals surface area contributed by atoms with Crippen LogP contribution in [0, 0.1) is 13.8 Å². The molecule has 122 valence electrons. The van der Waals surface area contributed by atoms with Crippen molar-refractivity contribution in [1.82, 2.24) is 4.98 Å². The predicted octanol–water partition coefficient (Wildman–Crippen LogP) is 3.57. The molecule has 1 aliphatic heterocycles. The number of benzene rings is 1. The monoisotopic (exact) mass is 332 g/mol. The molecule has 0 spiro atoms. The molecule has 1 aromatic heterocycles. The highest BCUT2D eigenvalue weighted by atomic mass is 32.1. The summed E-state index contributed by atoms with van der Waals surface area (Å²) in [4.78, 5) is 17.8. The number of amides is 1. The second kappa shape index (κ2) is 7.10. The van der Waals surface area contributed by atoms with E-state index in [4.69, 9.17) is 9.47 Å². The van der Waals surface area contributed by atoms with Crippen LogP contribution >= 0.6 is 11.3 Å². The van der Waals surface area contributed by atoms with Crippen LogP contribution in [0.15, 0.2) is 24.3 Å². The molecule has 0 radical (unpaired) electrons. The van der Waals surface area contributed by atoms with Gasteiger partial charge in [0.05, 0.1) is 11.8 Å². The van der Waals surface area contributed by atoms with Crippen LogP contribution in [0.3, 0.4) is 0 Å². The molecule has 1 aromatic carbocycles. The Kier molecular flexibility index (Phi) is 4.93. The molecular formula is C17H20N2O3S. The summed E-state index contributed by atoms with van der Waals surface area (Å²) in [5, 5.41) is 3.45. The number of hydrogen-bond acceptors (Lipinski definition) is 5. The van der Waals surface area contributed by atoms with Gasteiger partial charge in [0.25, 0.3) is 5.91 Å². The van der Waals surface area contributed by atoms with Crippen LogP contribution in [0.2, 0.25) is 0 Å². The number of aromatic nitrogens is 1. The van der Waals surface area contributed by atoms with Gasteiger partial charge in [-0.2, -0.15) is 0 Å². The number of carbonyl (C=O) groups excluding carboxylic acids is 1. The Balaban J connectivity index is 1.62. The number of carbonyl (C=O) groups is 1. The first-order chi connectivity index (χ1) is 11.1. The summed E-state index contributed by atoms with van der Waals surface area (Å²) in [7, 11) is 0. The maximum atomic E-state index is 12.3. The minimum absolute atomic E-state index is 0.161. The van der Waals surface area contributed by atoms with Crippen molar-refractivity contribution < 1.29 is 14.3 Å². The molecule has 2 aromatic rings. The minimum Gasteiger partial charge on any atom is -0.491 e. The number of anilines is 1. The van der Waals surface area contributed by atoms with Crippen molar-refractivity contribution >= 4 is 22.4 Å². The van der Waals surface area contributed by atoms with E-state index in [2.05, 4.69) is 10.3 Å². The van der Waals surface area contributed by atoms with Gasteiger partial charge in [-0.25, -0.2) is 4.98 Å².